The van der Waals surface area contributed by atoms with Gasteiger partial charge >= 0.3 is 0 Å². The van der Waals surface area contributed by atoms with Crippen LogP contribution in [0.3, 0.4) is 0 Å². The first-order valence-electron chi connectivity index (χ1n) is 8.39. The van der Waals surface area contributed by atoms with Gasteiger partial charge < -0.3 is 0 Å². The Morgan fingerprint density at radius 2 is 1.36 bits per heavy atom. The maximum Gasteiger partial charge on any atom is -0.00240 e. The van der Waals surface area contributed by atoms with Gasteiger partial charge in [-0.05, 0) is 56.6 Å². The lowest BCUT2D eigenvalue weighted by atomic mass is 9.90. The Morgan fingerprint density at radius 3 is 2.09 bits per heavy atom. The van der Waals surface area contributed by atoms with Crippen molar-refractivity contribution in [2.45, 2.75) is 33.1 Å². The third kappa shape index (κ3) is 2.14. The Hall–Kier alpha value is -2.08. The molecule has 0 nitrogen and oxygen atoms in total. The molecule has 0 atom stereocenters. The van der Waals surface area contributed by atoms with Crippen molar-refractivity contribution in [1.29, 1.82) is 0 Å². The number of aryl methyl sites for hydroxylation is 1. The topological polar surface area (TPSA) is 0 Å². The van der Waals surface area contributed by atoms with E-state index in [0.29, 0.717) is 0 Å². The molecule has 0 radical (unpaired) electrons. The van der Waals surface area contributed by atoms with Crippen molar-refractivity contribution in [3.63, 3.8) is 0 Å². The minimum atomic E-state index is 0.791. The Balaban J connectivity index is 1.92. The van der Waals surface area contributed by atoms with Gasteiger partial charge in [0, 0.05) is 0 Å². The molecule has 0 aliphatic heterocycles. The smallest absolute Gasteiger partial charge is 0.00240 e. The first kappa shape index (κ1) is 13.6. The van der Waals surface area contributed by atoms with E-state index in [2.05, 4.69) is 68.4 Å². The monoisotopic (exact) mass is 286 g/mol. The van der Waals surface area contributed by atoms with Gasteiger partial charge in [0.05, 0.1) is 0 Å². The Morgan fingerprint density at radius 1 is 0.727 bits per heavy atom. The van der Waals surface area contributed by atoms with Gasteiger partial charge in [-0.3, -0.25) is 0 Å². The summed E-state index contributed by atoms with van der Waals surface area (Å²) in [5.74, 6) is 0.791. The molecule has 0 N–H and O–H groups in total. The van der Waals surface area contributed by atoms with E-state index in [1.165, 1.54) is 57.1 Å². The number of rotatable bonds is 4. The van der Waals surface area contributed by atoms with Crippen LogP contribution in [0.4, 0.5) is 0 Å². The van der Waals surface area contributed by atoms with Crippen LogP contribution in [-0.2, 0) is 6.42 Å². The summed E-state index contributed by atoms with van der Waals surface area (Å²) < 4.78 is 0. The number of hydrogen-bond acceptors (Lipinski definition) is 0. The maximum atomic E-state index is 2.34. The van der Waals surface area contributed by atoms with Crippen LogP contribution in [0, 0.1) is 5.92 Å². The highest BCUT2D eigenvalue weighted by atomic mass is 14.1. The van der Waals surface area contributed by atoms with Gasteiger partial charge in [-0.25, -0.2) is 0 Å². The van der Waals surface area contributed by atoms with Crippen molar-refractivity contribution in [3.8, 4) is 0 Å². The first-order chi connectivity index (χ1) is 10.7. The first-order valence-corrected chi connectivity index (χ1v) is 8.39. The van der Waals surface area contributed by atoms with Gasteiger partial charge in [-0.1, -0.05) is 74.9 Å². The van der Waals surface area contributed by atoms with Crippen LogP contribution in [0.5, 0.6) is 0 Å². The number of benzene rings is 4. The fraction of sp³-hybridized carbons (Fsp3) is 0.273. The Bertz CT molecular complexity index is 915. The van der Waals surface area contributed by atoms with Gasteiger partial charge in [0.25, 0.3) is 0 Å². The van der Waals surface area contributed by atoms with Crippen molar-refractivity contribution >= 4 is 32.3 Å². The van der Waals surface area contributed by atoms with Crippen LogP contribution in [0.25, 0.3) is 32.3 Å². The summed E-state index contributed by atoms with van der Waals surface area (Å²) in [5, 5.41) is 8.42. The van der Waals surface area contributed by atoms with E-state index >= 15 is 0 Å². The highest BCUT2D eigenvalue weighted by molar-refractivity contribution is 6.23. The van der Waals surface area contributed by atoms with Crippen LogP contribution in [0.15, 0.2) is 54.6 Å². The molecule has 0 bridgehead atoms. The molecule has 0 saturated heterocycles. The average molecular weight is 286 g/mol. The summed E-state index contributed by atoms with van der Waals surface area (Å²) in [6.45, 7) is 4.62. The van der Waals surface area contributed by atoms with E-state index in [-0.39, 0.29) is 0 Å². The zero-order valence-electron chi connectivity index (χ0n) is 13.4. The third-order valence-electron chi connectivity index (χ3n) is 4.85. The van der Waals surface area contributed by atoms with Gasteiger partial charge in [-0.15, -0.1) is 0 Å². The predicted octanol–water partition coefficient (Wildman–Crippen LogP) is 6.56. The molecule has 0 amide bonds. The van der Waals surface area contributed by atoms with Gasteiger partial charge in [-0.2, -0.15) is 0 Å². The number of hydrogen-bond donors (Lipinski definition) is 0. The van der Waals surface area contributed by atoms with E-state index in [4.69, 9.17) is 0 Å². The maximum absolute atomic E-state index is 2.34. The fourth-order valence-corrected chi connectivity index (χ4v) is 3.71. The Kier molecular flexibility index (Phi) is 3.26. The normalized spacial score (nSPS) is 12.1. The van der Waals surface area contributed by atoms with Crippen LogP contribution < -0.4 is 0 Å². The molecule has 4 aromatic rings. The van der Waals surface area contributed by atoms with Crippen molar-refractivity contribution in [2.24, 2.45) is 5.92 Å². The zero-order chi connectivity index (χ0) is 15.1. The van der Waals surface area contributed by atoms with Crippen LogP contribution in [-0.4, -0.2) is 0 Å². The van der Waals surface area contributed by atoms with Gasteiger partial charge in [0.2, 0.25) is 0 Å². The second-order valence-corrected chi connectivity index (χ2v) is 6.87. The third-order valence-corrected chi connectivity index (χ3v) is 4.85. The molecular formula is C22H22. The van der Waals surface area contributed by atoms with Crippen LogP contribution in [0.1, 0.15) is 32.3 Å². The molecule has 22 heavy (non-hydrogen) atoms. The summed E-state index contributed by atoms with van der Waals surface area (Å²) in [5.41, 5.74) is 1.51. The van der Waals surface area contributed by atoms with Crippen LogP contribution >= 0.6 is 0 Å². The van der Waals surface area contributed by atoms with Crippen molar-refractivity contribution in [1.82, 2.24) is 0 Å². The second-order valence-electron chi connectivity index (χ2n) is 6.87. The lowest BCUT2D eigenvalue weighted by molar-refractivity contribution is 0.556. The quantitative estimate of drug-likeness (QED) is 0.372. The molecule has 0 heterocycles. The lowest BCUT2D eigenvalue weighted by Gasteiger charge is -2.14. The van der Waals surface area contributed by atoms with E-state index in [1.54, 1.807) is 0 Å². The van der Waals surface area contributed by atoms with Crippen molar-refractivity contribution in [2.75, 3.05) is 0 Å². The highest BCUT2D eigenvalue weighted by Crippen LogP contribution is 2.36. The predicted molar refractivity (Wildman–Crippen MR) is 97.9 cm³/mol. The average Bonchev–Trinajstić information content (AvgIpc) is 2.53. The molecular weight excluding hydrogens is 264 g/mol. The van der Waals surface area contributed by atoms with Crippen LogP contribution in [0.2, 0.25) is 0 Å². The molecule has 0 aromatic heterocycles. The summed E-state index contributed by atoms with van der Waals surface area (Å²) in [6.07, 6.45) is 3.77. The fourth-order valence-electron chi connectivity index (χ4n) is 3.71. The Labute approximate surface area is 132 Å². The van der Waals surface area contributed by atoms with E-state index in [0.717, 1.165) is 5.92 Å². The minimum absolute atomic E-state index is 0.791. The molecule has 0 aliphatic carbocycles. The lowest BCUT2D eigenvalue weighted by Crippen LogP contribution is -1.93. The summed E-state index contributed by atoms with van der Waals surface area (Å²) in [7, 11) is 0. The van der Waals surface area contributed by atoms with Gasteiger partial charge in [0.15, 0.2) is 0 Å². The van der Waals surface area contributed by atoms with Crippen molar-refractivity contribution in [3.05, 3.63) is 60.2 Å². The molecule has 0 heteroatoms. The molecule has 4 rings (SSSR count). The molecule has 4 aromatic carbocycles. The second kappa shape index (κ2) is 5.28. The van der Waals surface area contributed by atoms with E-state index in [1.807, 2.05) is 0 Å². The summed E-state index contributed by atoms with van der Waals surface area (Å²) in [6, 6.07) is 20.4. The molecule has 110 valence electrons. The molecule has 0 unspecified atom stereocenters. The van der Waals surface area contributed by atoms with Crippen molar-refractivity contribution < 1.29 is 0 Å². The van der Waals surface area contributed by atoms with E-state index in [9.17, 15) is 0 Å². The zero-order valence-corrected chi connectivity index (χ0v) is 13.4. The highest BCUT2D eigenvalue weighted by Gasteiger charge is 2.10. The molecule has 0 spiro atoms. The standard InChI is InChI=1S/C22H22/c1-15(2)5-3-6-16-9-10-19-12-11-17-7-4-8-18-13-14-20(16)22(19)21(17)18/h4,7-15H,3,5-6H2,1-2H3. The largest absolute Gasteiger partial charge is 0.0628 e. The molecule has 0 saturated carbocycles. The molecule has 0 aliphatic rings. The molecule has 0 fully saturated rings. The minimum Gasteiger partial charge on any atom is -0.0628 e. The summed E-state index contributed by atoms with van der Waals surface area (Å²) in [4.78, 5) is 0. The summed E-state index contributed by atoms with van der Waals surface area (Å²) >= 11 is 0. The van der Waals surface area contributed by atoms with E-state index < -0.39 is 0 Å². The van der Waals surface area contributed by atoms with Gasteiger partial charge in [0.1, 0.15) is 0 Å². The SMILES string of the molecule is CC(C)CCCc1ccc2ccc3cccc4ccc1c2c34.